The molecule has 0 aromatic heterocycles. The van der Waals surface area contributed by atoms with Gasteiger partial charge < -0.3 is 29.2 Å². The van der Waals surface area contributed by atoms with Crippen LogP contribution in [0.3, 0.4) is 0 Å². The van der Waals surface area contributed by atoms with Crippen molar-refractivity contribution < 1.29 is 53.4 Å². The van der Waals surface area contributed by atoms with Gasteiger partial charge in [-0.2, -0.15) is 0 Å². The topological polar surface area (TPSA) is 215 Å². The molecule has 168 valence electrons. The van der Waals surface area contributed by atoms with E-state index in [1.165, 1.54) is 0 Å². The van der Waals surface area contributed by atoms with Crippen molar-refractivity contribution in [1.29, 1.82) is 0 Å². The predicted molar refractivity (Wildman–Crippen MR) is 90.8 cm³/mol. The molecule has 2 N–H and O–H groups in total. The maximum absolute atomic E-state index is 11.8. The average Bonchev–Trinajstić information content (AvgIpc) is 2.68. The van der Waals surface area contributed by atoms with Crippen LogP contribution in [0.4, 0.5) is 0 Å². The van der Waals surface area contributed by atoms with Crippen molar-refractivity contribution in [3.8, 4) is 0 Å². The summed E-state index contributed by atoms with van der Waals surface area (Å²) < 4.78 is 19.5. The zero-order valence-corrected chi connectivity index (χ0v) is 15.5. The molecular formula is C15H20N2O13. The molecule has 30 heavy (non-hydrogen) atoms. The first-order valence-electron chi connectivity index (χ1n) is 8.48. The van der Waals surface area contributed by atoms with Crippen LogP contribution in [0.15, 0.2) is 12.7 Å². The number of nitrogens with zero attached hydrogens (tertiary/aromatic N) is 2. The van der Waals surface area contributed by atoms with Crippen molar-refractivity contribution in [3.05, 3.63) is 32.9 Å². The number of carbonyl (C=O) groups is 3. The third kappa shape index (κ3) is 8.06. The van der Waals surface area contributed by atoms with E-state index in [9.17, 15) is 44.8 Å². The van der Waals surface area contributed by atoms with E-state index in [1.807, 2.05) is 0 Å². The van der Waals surface area contributed by atoms with E-state index in [0.717, 1.165) is 6.08 Å². The number of nitro groups is 2. The second-order valence-electron chi connectivity index (χ2n) is 5.91. The minimum Gasteiger partial charge on any atom is -0.463 e. The quantitative estimate of drug-likeness (QED) is 0.117. The highest BCUT2D eigenvalue weighted by Crippen LogP contribution is 2.26. The standard InChI is InChI=1S/C15H20N2O13/c1-2-9(18)29-14-13(30-11(20)4-6-17(25)26)12(21)8(28-15(14)22)7-27-10(19)3-5-16(23)24/h2,8,12-15,21-22H,1,3-7H2/t8-,12-,13+,14-,15+/m1/s1. The fraction of sp³-hybridized carbons (Fsp3) is 0.667. The molecule has 0 radical (unpaired) electrons. The number of esters is 3. The third-order valence-electron chi connectivity index (χ3n) is 3.73. The minimum atomic E-state index is -1.94. The molecule has 0 aromatic carbocycles. The van der Waals surface area contributed by atoms with Crippen molar-refractivity contribution in [2.45, 2.75) is 43.5 Å². The molecule has 0 saturated carbocycles. The van der Waals surface area contributed by atoms with Gasteiger partial charge in [0.1, 0.15) is 31.7 Å². The highest BCUT2D eigenvalue weighted by Gasteiger charge is 2.49. The second kappa shape index (κ2) is 11.7. The van der Waals surface area contributed by atoms with E-state index < -0.39 is 91.0 Å². The van der Waals surface area contributed by atoms with Gasteiger partial charge in [0.15, 0.2) is 18.5 Å². The molecule has 15 nitrogen and oxygen atoms in total. The van der Waals surface area contributed by atoms with E-state index in [1.54, 1.807) is 0 Å². The van der Waals surface area contributed by atoms with Gasteiger partial charge in [0.25, 0.3) is 0 Å². The summed E-state index contributed by atoms with van der Waals surface area (Å²) >= 11 is 0. The SMILES string of the molecule is C=CC(=O)O[C@@H]1[C@@H](OC(=O)CC[N+](=O)[O-])[C@H](O)[C@@H](COC(=O)CC[N+](=O)[O-])O[C@@H]1O. The number of hydrogen-bond donors (Lipinski definition) is 2. The number of ether oxygens (including phenoxy) is 4. The lowest BCUT2D eigenvalue weighted by molar-refractivity contribution is -0.479. The van der Waals surface area contributed by atoms with Gasteiger partial charge in [-0.3, -0.25) is 29.8 Å². The van der Waals surface area contributed by atoms with Gasteiger partial charge in [-0.25, -0.2) is 4.79 Å². The van der Waals surface area contributed by atoms with Crippen molar-refractivity contribution >= 4 is 17.9 Å². The summed E-state index contributed by atoms with van der Waals surface area (Å²) in [6.45, 7) is 1.01. The maximum Gasteiger partial charge on any atom is 0.330 e. The van der Waals surface area contributed by atoms with Gasteiger partial charge >= 0.3 is 17.9 Å². The molecule has 0 aromatic rings. The first kappa shape index (κ1) is 24.9. The lowest BCUT2D eigenvalue weighted by Crippen LogP contribution is -2.61. The van der Waals surface area contributed by atoms with Crippen molar-refractivity contribution in [2.75, 3.05) is 19.7 Å². The molecule has 0 amide bonds. The number of aliphatic hydroxyl groups excluding tert-OH is 2. The summed E-state index contributed by atoms with van der Waals surface area (Å²) in [4.78, 5) is 53.9. The van der Waals surface area contributed by atoms with Crippen LogP contribution in [0.25, 0.3) is 0 Å². The minimum absolute atomic E-state index is 0.558. The molecule has 0 bridgehead atoms. The number of hydrogen-bond acceptors (Lipinski definition) is 13. The van der Waals surface area contributed by atoms with Crippen molar-refractivity contribution in [1.82, 2.24) is 0 Å². The molecule has 0 spiro atoms. The van der Waals surface area contributed by atoms with Crippen LogP contribution in [-0.2, 0) is 33.3 Å². The van der Waals surface area contributed by atoms with Gasteiger partial charge in [0, 0.05) is 15.9 Å². The molecule has 1 rings (SSSR count). The first-order chi connectivity index (χ1) is 14.0. The Balaban J connectivity index is 2.85. The lowest BCUT2D eigenvalue weighted by atomic mass is 9.98. The Morgan fingerprint density at radius 3 is 2.10 bits per heavy atom. The van der Waals surface area contributed by atoms with Gasteiger partial charge in [0.05, 0.1) is 0 Å². The molecule has 0 unspecified atom stereocenters. The Kier molecular flexibility index (Phi) is 9.73. The molecule has 0 aliphatic carbocycles. The highest BCUT2D eigenvalue weighted by atomic mass is 16.7. The normalized spacial score (nSPS) is 25.6. The fourth-order valence-electron chi connectivity index (χ4n) is 2.31. The molecule has 5 atom stereocenters. The van der Waals surface area contributed by atoms with Crippen LogP contribution >= 0.6 is 0 Å². The largest absolute Gasteiger partial charge is 0.463 e. The average molecular weight is 436 g/mol. The Morgan fingerprint density at radius 1 is 1.00 bits per heavy atom. The van der Waals surface area contributed by atoms with E-state index in [4.69, 9.17) is 18.9 Å². The molecule has 1 aliphatic heterocycles. The summed E-state index contributed by atoms with van der Waals surface area (Å²) in [6, 6.07) is 0. The van der Waals surface area contributed by atoms with Crippen LogP contribution in [0, 0.1) is 20.2 Å². The van der Waals surface area contributed by atoms with Crippen LogP contribution in [0.1, 0.15) is 12.8 Å². The van der Waals surface area contributed by atoms with Gasteiger partial charge in [-0.05, 0) is 0 Å². The first-order valence-corrected chi connectivity index (χ1v) is 8.48. The summed E-state index contributed by atoms with van der Waals surface area (Å²) in [6.07, 6.45) is -9.13. The lowest BCUT2D eigenvalue weighted by Gasteiger charge is -2.41. The molecule has 15 heteroatoms. The predicted octanol–water partition coefficient (Wildman–Crippen LogP) is -2.05. The van der Waals surface area contributed by atoms with E-state index in [2.05, 4.69) is 6.58 Å². The third-order valence-corrected chi connectivity index (χ3v) is 3.73. The van der Waals surface area contributed by atoms with Crippen LogP contribution < -0.4 is 0 Å². The number of rotatable bonds is 11. The Bertz CT molecular complexity index is 681. The second-order valence-corrected chi connectivity index (χ2v) is 5.91. The summed E-state index contributed by atoms with van der Waals surface area (Å²) in [5.74, 6) is -3.17. The Morgan fingerprint density at radius 2 is 1.57 bits per heavy atom. The Labute approximate surface area is 168 Å². The van der Waals surface area contributed by atoms with E-state index in [-0.39, 0.29) is 0 Å². The fourth-order valence-corrected chi connectivity index (χ4v) is 2.31. The van der Waals surface area contributed by atoms with Gasteiger partial charge in [-0.1, -0.05) is 6.58 Å². The van der Waals surface area contributed by atoms with Crippen LogP contribution in [0.5, 0.6) is 0 Å². The molecule has 1 heterocycles. The Hall–Kier alpha value is -3.17. The van der Waals surface area contributed by atoms with Gasteiger partial charge in [-0.15, -0.1) is 0 Å². The number of carbonyl (C=O) groups excluding carboxylic acids is 3. The van der Waals surface area contributed by atoms with Crippen molar-refractivity contribution in [2.24, 2.45) is 0 Å². The van der Waals surface area contributed by atoms with E-state index in [0.29, 0.717) is 0 Å². The van der Waals surface area contributed by atoms with Crippen LogP contribution in [-0.4, -0.2) is 88.4 Å². The number of aliphatic hydroxyl groups is 2. The van der Waals surface area contributed by atoms with Crippen LogP contribution in [0.2, 0.25) is 0 Å². The highest BCUT2D eigenvalue weighted by molar-refractivity contribution is 5.81. The van der Waals surface area contributed by atoms with E-state index >= 15 is 0 Å². The summed E-state index contributed by atoms with van der Waals surface area (Å²) in [7, 11) is 0. The van der Waals surface area contributed by atoms with Gasteiger partial charge in [0.2, 0.25) is 13.1 Å². The summed E-state index contributed by atoms with van der Waals surface area (Å²) in [5, 5.41) is 41.1. The van der Waals surface area contributed by atoms with Crippen molar-refractivity contribution in [3.63, 3.8) is 0 Å². The zero-order chi connectivity index (χ0) is 22.8. The molecular weight excluding hydrogens is 416 g/mol. The molecule has 1 saturated heterocycles. The zero-order valence-electron chi connectivity index (χ0n) is 15.5. The summed E-state index contributed by atoms with van der Waals surface area (Å²) in [5.41, 5.74) is 0. The molecule has 1 fully saturated rings. The molecule has 1 aliphatic rings. The maximum atomic E-state index is 11.8. The smallest absolute Gasteiger partial charge is 0.330 e. The monoisotopic (exact) mass is 436 g/mol.